The zero-order chi connectivity index (χ0) is 29.6. The Morgan fingerprint density at radius 3 is 2.52 bits per heavy atom. The van der Waals surface area contributed by atoms with Crippen LogP contribution in [-0.4, -0.2) is 31.7 Å². The summed E-state index contributed by atoms with van der Waals surface area (Å²) >= 11 is 0. The molecule has 5 rings (SSSR count). The number of nitriles is 1. The molecule has 0 bridgehead atoms. The summed E-state index contributed by atoms with van der Waals surface area (Å²) in [5, 5.41) is 26.6. The fourth-order valence-electron chi connectivity index (χ4n) is 4.72. The Balaban J connectivity index is 1.58. The van der Waals surface area contributed by atoms with Crippen molar-refractivity contribution in [2.45, 2.75) is 32.2 Å². The molecule has 0 saturated carbocycles. The number of nitrogens with one attached hydrogen (secondary N) is 2. The molecule has 11 heteroatoms. The molecule has 42 heavy (non-hydrogen) atoms. The Hall–Kier alpha value is -5.31. The number of hydrogen-bond acceptors (Lipinski definition) is 10. The van der Waals surface area contributed by atoms with Crippen LogP contribution < -0.4 is 21.9 Å². The lowest BCUT2D eigenvalue weighted by Crippen LogP contribution is -2.29. The van der Waals surface area contributed by atoms with Gasteiger partial charge >= 0.3 is 0 Å². The minimum atomic E-state index is -0.985. The molecule has 0 aliphatic heterocycles. The van der Waals surface area contributed by atoms with Gasteiger partial charge in [-0.1, -0.05) is 55.5 Å². The maximum atomic E-state index is 14.3. The number of para-hydroxylation sites is 1. The number of fused-ring (bicyclic) bond motifs is 1. The third-order valence-corrected chi connectivity index (χ3v) is 6.93. The monoisotopic (exact) mass is 562 g/mol. The highest BCUT2D eigenvalue weighted by molar-refractivity contribution is 5.91. The first-order valence-electron chi connectivity index (χ1n) is 13.4. The van der Waals surface area contributed by atoms with Crippen molar-refractivity contribution in [3.63, 3.8) is 0 Å². The quantitative estimate of drug-likeness (QED) is 0.179. The molecule has 2 atom stereocenters. The largest absolute Gasteiger partial charge is 0.382 e. The maximum Gasteiger partial charge on any atom is 0.268 e. The van der Waals surface area contributed by atoms with Gasteiger partial charge in [0.2, 0.25) is 0 Å². The van der Waals surface area contributed by atoms with E-state index in [0.717, 1.165) is 5.56 Å². The van der Waals surface area contributed by atoms with Crippen LogP contribution in [-0.2, 0) is 11.3 Å². The van der Waals surface area contributed by atoms with Gasteiger partial charge in [0.25, 0.3) is 5.56 Å². The van der Waals surface area contributed by atoms with Gasteiger partial charge in [-0.3, -0.25) is 9.36 Å². The molecule has 0 aliphatic rings. The maximum absolute atomic E-state index is 14.3. The number of anilines is 3. The van der Waals surface area contributed by atoms with E-state index in [1.807, 2.05) is 61.5 Å². The van der Waals surface area contributed by atoms with Crippen LogP contribution >= 0.6 is 0 Å². The van der Waals surface area contributed by atoms with Crippen molar-refractivity contribution in [2.75, 3.05) is 23.5 Å². The molecule has 0 saturated heterocycles. The van der Waals surface area contributed by atoms with Crippen LogP contribution in [0.4, 0.5) is 17.3 Å². The van der Waals surface area contributed by atoms with Gasteiger partial charge in [-0.05, 0) is 36.2 Å². The van der Waals surface area contributed by atoms with Crippen molar-refractivity contribution < 1.29 is 9.84 Å². The minimum Gasteiger partial charge on any atom is -0.382 e. The first kappa shape index (κ1) is 28.2. The Morgan fingerprint density at radius 1 is 1.07 bits per heavy atom. The second-order valence-corrected chi connectivity index (χ2v) is 9.53. The predicted octanol–water partition coefficient (Wildman–Crippen LogP) is 4.44. The van der Waals surface area contributed by atoms with Gasteiger partial charge in [0.1, 0.15) is 35.4 Å². The summed E-state index contributed by atoms with van der Waals surface area (Å²) in [6.07, 6.45) is 0.834. The molecule has 0 fully saturated rings. The van der Waals surface area contributed by atoms with E-state index in [0.29, 0.717) is 46.6 Å². The number of benzene rings is 3. The summed E-state index contributed by atoms with van der Waals surface area (Å²) in [4.78, 5) is 27.4. The van der Waals surface area contributed by atoms with Crippen LogP contribution in [0.2, 0.25) is 0 Å². The summed E-state index contributed by atoms with van der Waals surface area (Å²) in [6.45, 7) is 2.40. The van der Waals surface area contributed by atoms with Crippen LogP contribution in [0.1, 0.15) is 48.2 Å². The van der Waals surface area contributed by atoms with Crippen LogP contribution in [0.3, 0.4) is 0 Å². The standard InChI is InChI=1S/C31H30N8O3/c1-3-23(37-28-22(16-32)27(33)35-18-36-28)29-38-25-11-7-10-24(26(25)30(40)39(29)21-8-5-4-6-9-21)34-17-19-12-14-20(15-13-19)31(41)42-2/h4-15,18,23,31,34,41H,3,17H2,1-2H3,(H3,33,35,36,37)/t23-,31?/m0/s1. The number of methoxy groups -OCH3 is 1. The minimum absolute atomic E-state index is 0.0667. The summed E-state index contributed by atoms with van der Waals surface area (Å²) in [5.41, 5.74) is 9.21. The van der Waals surface area contributed by atoms with Gasteiger partial charge < -0.3 is 26.2 Å². The molecule has 2 heterocycles. The molecule has 0 radical (unpaired) electrons. The van der Waals surface area contributed by atoms with Crippen molar-refractivity contribution in [1.82, 2.24) is 19.5 Å². The molecule has 0 spiro atoms. The number of aliphatic hydroxyl groups is 1. The molecule has 5 N–H and O–H groups in total. The van der Waals surface area contributed by atoms with Crippen LogP contribution in [0, 0.1) is 11.3 Å². The molecular weight excluding hydrogens is 532 g/mol. The first-order valence-corrected chi connectivity index (χ1v) is 13.4. The fraction of sp³-hybridized carbons (Fsp3) is 0.194. The Labute approximate surface area is 242 Å². The number of aromatic nitrogens is 4. The highest BCUT2D eigenvalue weighted by Crippen LogP contribution is 2.28. The van der Waals surface area contributed by atoms with Crippen molar-refractivity contribution in [2.24, 2.45) is 0 Å². The Morgan fingerprint density at radius 2 is 1.83 bits per heavy atom. The zero-order valence-electron chi connectivity index (χ0n) is 23.2. The third-order valence-electron chi connectivity index (χ3n) is 6.93. The molecule has 1 unspecified atom stereocenters. The second kappa shape index (κ2) is 12.5. The van der Waals surface area contributed by atoms with Crippen molar-refractivity contribution in [1.29, 1.82) is 5.26 Å². The van der Waals surface area contributed by atoms with Crippen molar-refractivity contribution >= 4 is 28.2 Å². The third kappa shape index (κ3) is 5.62. The Bertz CT molecular complexity index is 1800. The number of aliphatic hydroxyl groups excluding tert-OH is 1. The SMILES string of the molecule is CC[C@H](Nc1ncnc(N)c1C#N)c1nc2cccc(NCc3ccc(C(O)OC)cc3)c2c(=O)n1-c1ccccc1. The van der Waals surface area contributed by atoms with Gasteiger partial charge in [-0.2, -0.15) is 5.26 Å². The zero-order valence-corrected chi connectivity index (χ0v) is 23.2. The lowest BCUT2D eigenvalue weighted by Gasteiger charge is -2.23. The summed E-state index contributed by atoms with van der Waals surface area (Å²) in [6, 6.07) is 23.7. The molecular formula is C31H30N8O3. The normalized spacial score (nSPS) is 12.4. The van der Waals surface area contributed by atoms with E-state index < -0.39 is 12.3 Å². The van der Waals surface area contributed by atoms with E-state index >= 15 is 0 Å². The lowest BCUT2D eigenvalue weighted by molar-refractivity contribution is -0.0769. The molecule has 0 aliphatic carbocycles. The predicted molar refractivity (Wildman–Crippen MR) is 161 cm³/mol. The van der Waals surface area contributed by atoms with E-state index in [2.05, 4.69) is 26.7 Å². The number of hydrogen-bond donors (Lipinski definition) is 4. The van der Waals surface area contributed by atoms with E-state index in [1.165, 1.54) is 13.4 Å². The van der Waals surface area contributed by atoms with Crippen LogP contribution in [0.5, 0.6) is 0 Å². The summed E-state index contributed by atoms with van der Waals surface area (Å²) in [7, 11) is 1.44. The Kier molecular flexibility index (Phi) is 8.38. The topological polar surface area (TPSA) is 164 Å². The van der Waals surface area contributed by atoms with Crippen LogP contribution in [0.25, 0.3) is 16.6 Å². The molecule has 0 amide bonds. The number of nitrogens with zero attached hydrogens (tertiary/aromatic N) is 5. The fourth-order valence-corrected chi connectivity index (χ4v) is 4.72. The molecule has 5 aromatic rings. The van der Waals surface area contributed by atoms with Crippen LogP contribution in [0.15, 0.2) is 83.9 Å². The average Bonchev–Trinajstić information content (AvgIpc) is 3.02. The number of ether oxygens (including phenoxy) is 1. The number of nitrogen functional groups attached to an aromatic ring is 1. The summed E-state index contributed by atoms with van der Waals surface area (Å²) in [5.74, 6) is 0.800. The average molecular weight is 563 g/mol. The lowest BCUT2D eigenvalue weighted by atomic mass is 10.1. The van der Waals surface area contributed by atoms with E-state index in [4.69, 9.17) is 15.5 Å². The van der Waals surface area contributed by atoms with E-state index in [-0.39, 0.29) is 22.8 Å². The highest BCUT2D eigenvalue weighted by Gasteiger charge is 2.23. The van der Waals surface area contributed by atoms with Gasteiger partial charge in [0.15, 0.2) is 6.29 Å². The highest BCUT2D eigenvalue weighted by atomic mass is 16.6. The molecule has 2 aromatic heterocycles. The van der Waals surface area contributed by atoms with Crippen molar-refractivity contribution in [3.05, 3.63) is 112 Å². The number of nitrogens with two attached hydrogens (primary N) is 1. The smallest absolute Gasteiger partial charge is 0.268 e. The first-order chi connectivity index (χ1) is 20.4. The molecule has 11 nitrogen and oxygen atoms in total. The second-order valence-electron chi connectivity index (χ2n) is 9.53. The summed E-state index contributed by atoms with van der Waals surface area (Å²) < 4.78 is 6.55. The van der Waals surface area contributed by atoms with Gasteiger partial charge in [-0.25, -0.2) is 15.0 Å². The van der Waals surface area contributed by atoms with E-state index in [9.17, 15) is 15.2 Å². The molecule has 3 aromatic carbocycles. The van der Waals surface area contributed by atoms with Crippen molar-refractivity contribution in [3.8, 4) is 11.8 Å². The van der Waals surface area contributed by atoms with E-state index in [1.54, 1.807) is 22.8 Å². The van der Waals surface area contributed by atoms with Gasteiger partial charge in [0, 0.05) is 24.9 Å². The number of rotatable bonds is 10. The van der Waals surface area contributed by atoms with Gasteiger partial charge in [-0.15, -0.1) is 0 Å². The molecule has 212 valence electrons. The van der Waals surface area contributed by atoms with Gasteiger partial charge in [0.05, 0.1) is 22.6 Å².